The molecular weight excluding hydrogens is 671 g/mol. The Hall–Kier alpha value is -7.68. The molecule has 0 aliphatic rings. The van der Waals surface area contributed by atoms with Crippen molar-refractivity contribution in [2.24, 2.45) is 0 Å². The maximum Gasteiger partial charge on any atom is 0.164 e. The van der Waals surface area contributed by atoms with Crippen LogP contribution in [-0.4, -0.2) is 19.5 Å². The molecule has 2 aromatic heterocycles. The zero-order chi connectivity index (χ0) is 36.5. The predicted octanol–water partition coefficient (Wildman–Crippen LogP) is 12.4. The highest BCUT2D eigenvalue weighted by atomic mass is 15.0. The standard InChI is InChI=1S/C50H29N5/c51-30-31-16-22-42-43-23-21-34(29-45(43)55(44(42)24-31)41-14-8-3-9-15-41)39-25-35-17-19-37-27-40(28-38-20-18-36(26-39)46(35)47(37)38)50-53-48(32-10-4-1-5-11-32)52-49(54-50)33-12-6-2-7-13-33/h1-29H. The summed E-state index contributed by atoms with van der Waals surface area (Å²) in [7, 11) is 0. The molecule has 0 atom stereocenters. The average molecular weight is 700 g/mol. The second kappa shape index (κ2) is 12.2. The molecule has 0 fully saturated rings. The molecule has 5 nitrogen and oxygen atoms in total. The molecule has 11 aromatic rings. The second-order valence-electron chi connectivity index (χ2n) is 14.0. The summed E-state index contributed by atoms with van der Waals surface area (Å²) in [5.74, 6) is 1.94. The van der Waals surface area contributed by atoms with Gasteiger partial charge < -0.3 is 4.57 Å². The first-order valence-corrected chi connectivity index (χ1v) is 18.3. The Labute approximate surface area is 316 Å². The molecule has 9 aromatic carbocycles. The third kappa shape index (κ3) is 5.04. The molecule has 11 rings (SSSR count). The van der Waals surface area contributed by atoms with Gasteiger partial charge in [0.05, 0.1) is 22.7 Å². The molecule has 0 bridgehead atoms. The van der Waals surface area contributed by atoms with Crippen molar-refractivity contribution in [3.63, 3.8) is 0 Å². The van der Waals surface area contributed by atoms with E-state index in [0.29, 0.717) is 23.0 Å². The number of rotatable bonds is 5. The summed E-state index contributed by atoms with van der Waals surface area (Å²) in [6.45, 7) is 0. The largest absolute Gasteiger partial charge is 0.309 e. The van der Waals surface area contributed by atoms with Crippen molar-refractivity contribution < 1.29 is 0 Å². The van der Waals surface area contributed by atoms with E-state index in [1.54, 1.807) is 0 Å². The smallest absolute Gasteiger partial charge is 0.164 e. The Morgan fingerprint density at radius 3 is 1.36 bits per heavy atom. The normalized spacial score (nSPS) is 11.6. The first-order chi connectivity index (χ1) is 27.2. The van der Waals surface area contributed by atoms with E-state index in [-0.39, 0.29) is 0 Å². The Morgan fingerprint density at radius 1 is 0.382 bits per heavy atom. The van der Waals surface area contributed by atoms with Gasteiger partial charge in [-0.1, -0.05) is 121 Å². The van der Waals surface area contributed by atoms with E-state index in [1.165, 1.54) is 21.5 Å². The highest BCUT2D eigenvalue weighted by Gasteiger charge is 2.18. The molecule has 5 heteroatoms. The minimum atomic E-state index is 0.646. The van der Waals surface area contributed by atoms with Crippen LogP contribution in [0.15, 0.2) is 176 Å². The zero-order valence-corrected chi connectivity index (χ0v) is 29.5. The van der Waals surface area contributed by atoms with Crippen LogP contribution in [0, 0.1) is 11.3 Å². The molecule has 0 amide bonds. The van der Waals surface area contributed by atoms with E-state index in [0.717, 1.165) is 66.1 Å². The Balaban J connectivity index is 1.06. The number of hydrogen-bond donors (Lipinski definition) is 0. The first kappa shape index (κ1) is 30.9. The van der Waals surface area contributed by atoms with Gasteiger partial charge in [-0.2, -0.15) is 5.26 Å². The van der Waals surface area contributed by atoms with Gasteiger partial charge in [-0.3, -0.25) is 0 Å². The second-order valence-corrected chi connectivity index (χ2v) is 14.0. The van der Waals surface area contributed by atoms with Gasteiger partial charge in [0, 0.05) is 33.2 Å². The van der Waals surface area contributed by atoms with Crippen molar-refractivity contribution in [3.05, 3.63) is 181 Å². The molecular formula is C50H29N5. The van der Waals surface area contributed by atoms with Gasteiger partial charge >= 0.3 is 0 Å². The number of benzene rings is 9. The lowest BCUT2D eigenvalue weighted by Gasteiger charge is -2.15. The van der Waals surface area contributed by atoms with E-state index in [1.807, 2.05) is 78.9 Å². The molecule has 0 aliphatic heterocycles. The van der Waals surface area contributed by atoms with Crippen molar-refractivity contribution in [1.82, 2.24) is 19.5 Å². The lowest BCUT2D eigenvalue weighted by atomic mass is 9.90. The quantitative estimate of drug-likeness (QED) is 0.168. The van der Waals surface area contributed by atoms with Crippen molar-refractivity contribution >= 4 is 54.1 Å². The summed E-state index contributed by atoms with van der Waals surface area (Å²) in [6, 6.07) is 63.5. The molecule has 0 N–H and O–H groups in total. The van der Waals surface area contributed by atoms with Crippen LogP contribution in [-0.2, 0) is 0 Å². The summed E-state index contributed by atoms with van der Waals surface area (Å²) in [5.41, 5.74) is 8.99. The van der Waals surface area contributed by atoms with Crippen LogP contribution in [0.1, 0.15) is 5.56 Å². The van der Waals surface area contributed by atoms with Gasteiger partial charge in [-0.25, -0.2) is 15.0 Å². The van der Waals surface area contributed by atoms with Crippen LogP contribution >= 0.6 is 0 Å². The molecule has 254 valence electrons. The zero-order valence-electron chi connectivity index (χ0n) is 29.5. The fraction of sp³-hybridized carbons (Fsp3) is 0. The molecule has 0 aliphatic carbocycles. The first-order valence-electron chi connectivity index (χ1n) is 18.3. The van der Waals surface area contributed by atoms with Crippen LogP contribution in [0.2, 0.25) is 0 Å². The summed E-state index contributed by atoms with van der Waals surface area (Å²) >= 11 is 0. The fourth-order valence-corrected chi connectivity index (χ4v) is 8.19. The predicted molar refractivity (Wildman–Crippen MR) is 224 cm³/mol. The van der Waals surface area contributed by atoms with Gasteiger partial charge in [0.15, 0.2) is 17.5 Å². The highest BCUT2D eigenvalue weighted by Crippen LogP contribution is 2.41. The SMILES string of the molecule is N#Cc1ccc2c3ccc(-c4cc5ccc6cc(-c7nc(-c8ccccc8)nc(-c8ccccc8)n7)cc7ccc(c4)c5c67)cc3n(-c3ccccc3)c2c1. The summed E-state index contributed by atoms with van der Waals surface area (Å²) in [6.07, 6.45) is 0. The van der Waals surface area contributed by atoms with E-state index in [4.69, 9.17) is 15.0 Å². The van der Waals surface area contributed by atoms with Gasteiger partial charge in [-0.05, 0) is 98.0 Å². The molecule has 2 heterocycles. The number of para-hydroxylation sites is 1. The molecule has 55 heavy (non-hydrogen) atoms. The Bertz CT molecular complexity index is 3180. The maximum atomic E-state index is 9.72. The lowest BCUT2D eigenvalue weighted by Crippen LogP contribution is -2.00. The minimum Gasteiger partial charge on any atom is -0.309 e. The van der Waals surface area contributed by atoms with Gasteiger partial charge in [0.25, 0.3) is 0 Å². The third-order valence-electron chi connectivity index (χ3n) is 10.7. The molecule has 0 saturated heterocycles. The average Bonchev–Trinajstić information content (AvgIpc) is 3.58. The summed E-state index contributed by atoms with van der Waals surface area (Å²) in [5, 5.41) is 19.2. The van der Waals surface area contributed by atoms with Crippen LogP contribution < -0.4 is 0 Å². The van der Waals surface area contributed by atoms with Gasteiger partial charge in [0.2, 0.25) is 0 Å². The van der Waals surface area contributed by atoms with E-state index in [2.05, 4.69) is 108 Å². The van der Waals surface area contributed by atoms with Crippen LogP contribution in [0.5, 0.6) is 0 Å². The third-order valence-corrected chi connectivity index (χ3v) is 10.7. The van der Waals surface area contributed by atoms with Gasteiger partial charge in [-0.15, -0.1) is 0 Å². The number of nitriles is 1. The summed E-state index contributed by atoms with van der Waals surface area (Å²) in [4.78, 5) is 14.9. The van der Waals surface area contributed by atoms with E-state index >= 15 is 0 Å². The van der Waals surface area contributed by atoms with Crippen LogP contribution in [0.4, 0.5) is 0 Å². The minimum absolute atomic E-state index is 0.646. The highest BCUT2D eigenvalue weighted by molar-refractivity contribution is 6.24. The van der Waals surface area contributed by atoms with Crippen molar-refractivity contribution in [1.29, 1.82) is 5.26 Å². The van der Waals surface area contributed by atoms with E-state index < -0.39 is 0 Å². The Morgan fingerprint density at radius 2 is 0.836 bits per heavy atom. The maximum absolute atomic E-state index is 9.72. The fourth-order valence-electron chi connectivity index (χ4n) is 8.19. The van der Waals surface area contributed by atoms with Gasteiger partial charge in [0.1, 0.15) is 0 Å². The topological polar surface area (TPSA) is 67.4 Å². The van der Waals surface area contributed by atoms with Crippen molar-refractivity contribution in [2.75, 3.05) is 0 Å². The van der Waals surface area contributed by atoms with Crippen molar-refractivity contribution in [2.45, 2.75) is 0 Å². The van der Waals surface area contributed by atoms with Crippen molar-refractivity contribution in [3.8, 4) is 57.0 Å². The number of aromatic nitrogens is 4. The van der Waals surface area contributed by atoms with Crippen LogP contribution in [0.25, 0.3) is 105 Å². The summed E-state index contributed by atoms with van der Waals surface area (Å²) < 4.78 is 2.27. The number of fused-ring (bicyclic) bond motifs is 3. The lowest BCUT2D eigenvalue weighted by molar-refractivity contribution is 1.07. The molecule has 0 spiro atoms. The Kier molecular flexibility index (Phi) is 6.85. The van der Waals surface area contributed by atoms with Crippen LogP contribution in [0.3, 0.4) is 0 Å². The number of hydrogen-bond acceptors (Lipinski definition) is 4. The molecule has 0 saturated carbocycles. The molecule has 0 unspecified atom stereocenters. The molecule has 0 radical (unpaired) electrons. The monoisotopic (exact) mass is 699 g/mol. The van der Waals surface area contributed by atoms with E-state index in [9.17, 15) is 5.26 Å². The number of nitrogens with zero attached hydrogens (tertiary/aromatic N) is 5.